The number of likely N-dealkylation sites (tertiary alicyclic amines) is 1. The molecule has 8 heteroatoms. The van der Waals surface area contributed by atoms with Crippen molar-refractivity contribution >= 4 is 23.8 Å². The van der Waals surface area contributed by atoms with E-state index in [1.54, 1.807) is 0 Å². The van der Waals surface area contributed by atoms with Gasteiger partial charge in [-0.3, -0.25) is 19.2 Å². The zero-order valence-corrected chi connectivity index (χ0v) is 13.0. The Morgan fingerprint density at radius 1 is 1.05 bits per heavy atom. The van der Waals surface area contributed by atoms with Gasteiger partial charge in [-0.15, -0.1) is 0 Å². The van der Waals surface area contributed by atoms with E-state index in [2.05, 4.69) is 0 Å². The van der Waals surface area contributed by atoms with Crippen LogP contribution >= 0.6 is 0 Å². The summed E-state index contributed by atoms with van der Waals surface area (Å²) < 4.78 is 14.9. The summed E-state index contributed by atoms with van der Waals surface area (Å²) >= 11 is 0. The summed E-state index contributed by atoms with van der Waals surface area (Å²) in [5.74, 6) is -1.69. The van der Waals surface area contributed by atoms with Gasteiger partial charge in [0.1, 0.15) is 0 Å². The average molecular weight is 315 g/mol. The lowest BCUT2D eigenvalue weighted by molar-refractivity contribution is -0.173. The van der Waals surface area contributed by atoms with E-state index >= 15 is 0 Å². The highest BCUT2D eigenvalue weighted by molar-refractivity contribution is 5.81. The first-order chi connectivity index (χ1) is 10.3. The van der Waals surface area contributed by atoms with Gasteiger partial charge < -0.3 is 19.1 Å². The van der Waals surface area contributed by atoms with E-state index in [-0.39, 0.29) is 24.9 Å². The summed E-state index contributed by atoms with van der Waals surface area (Å²) in [4.78, 5) is 46.3. The molecule has 0 aliphatic carbocycles. The van der Waals surface area contributed by atoms with E-state index in [1.807, 2.05) is 0 Å². The highest BCUT2D eigenvalue weighted by atomic mass is 16.6. The Morgan fingerprint density at radius 3 is 2.23 bits per heavy atom. The Labute approximate surface area is 128 Å². The molecule has 1 amide bonds. The molecule has 1 aliphatic heterocycles. The molecule has 0 aromatic carbocycles. The maximum atomic E-state index is 12.0. The molecule has 0 radical (unpaired) electrons. The number of carbonyl (C=O) groups excluding carboxylic acids is 4. The Hall–Kier alpha value is -2.12. The van der Waals surface area contributed by atoms with Crippen molar-refractivity contribution in [1.29, 1.82) is 0 Å². The molecule has 0 N–H and O–H groups in total. The lowest BCUT2D eigenvalue weighted by atomic mass is 10.3. The van der Waals surface area contributed by atoms with Crippen LogP contribution in [0, 0.1) is 0 Å². The molecule has 1 rings (SSSR count). The number of rotatable bonds is 7. The van der Waals surface area contributed by atoms with Crippen molar-refractivity contribution in [3.05, 3.63) is 0 Å². The molecular weight excluding hydrogens is 294 g/mol. The molecule has 0 aromatic heterocycles. The predicted octanol–water partition coefficient (Wildman–Crippen LogP) is 0.383. The van der Waals surface area contributed by atoms with Crippen LogP contribution in [0.25, 0.3) is 0 Å². The number of unbranched alkanes of at least 4 members (excludes halogenated alkanes) is 1. The van der Waals surface area contributed by atoms with Crippen LogP contribution in [0.3, 0.4) is 0 Å². The number of hydrogen-bond acceptors (Lipinski definition) is 7. The monoisotopic (exact) mass is 315 g/mol. The molecule has 0 bridgehead atoms. The SMILES string of the molecule is CC(=O)OCCCCN1C(=O)C[C@H](OC(C)=O)[C@H]1OC(C)=O. The van der Waals surface area contributed by atoms with Crippen LogP contribution < -0.4 is 0 Å². The normalized spacial score (nSPS) is 20.7. The summed E-state index contributed by atoms with van der Waals surface area (Å²) in [6, 6.07) is 0. The van der Waals surface area contributed by atoms with E-state index in [9.17, 15) is 19.2 Å². The van der Waals surface area contributed by atoms with E-state index < -0.39 is 24.3 Å². The highest BCUT2D eigenvalue weighted by Gasteiger charge is 2.43. The zero-order valence-electron chi connectivity index (χ0n) is 13.0. The molecule has 22 heavy (non-hydrogen) atoms. The smallest absolute Gasteiger partial charge is 0.304 e. The average Bonchev–Trinajstić information content (AvgIpc) is 2.64. The van der Waals surface area contributed by atoms with Gasteiger partial charge in [-0.25, -0.2) is 0 Å². The van der Waals surface area contributed by atoms with Crippen LogP contribution in [0.2, 0.25) is 0 Å². The standard InChI is InChI=1S/C14H21NO7/c1-9(16)20-7-5-4-6-15-13(19)8-12(21-10(2)17)14(15)22-11(3)18/h12,14H,4-8H2,1-3H3/t12-,14+/m0/s1. The second-order valence-corrected chi connectivity index (χ2v) is 4.99. The molecule has 1 saturated heterocycles. The van der Waals surface area contributed by atoms with Gasteiger partial charge in [0.15, 0.2) is 6.10 Å². The third-order valence-corrected chi connectivity index (χ3v) is 3.02. The molecule has 1 heterocycles. The first-order valence-electron chi connectivity index (χ1n) is 7.08. The van der Waals surface area contributed by atoms with Crippen molar-refractivity contribution in [3.8, 4) is 0 Å². The Kier molecular flexibility index (Phi) is 6.81. The van der Waals surface area contributed by atoms with E-state index in [0.29, 0.717) is 19.4 Å². The summed E-state index contributed by atoms with van der Waals surface area (Å²) in [6.45, 7) is 4.38. The summed E-state index contributed by atoms with van der Waals surface area (Å²) in [6.07, 6.45) is -0.551. The Morgan fingerprint density at radius 2 is 1.68 bits per heavy atom. The number of amides is 1. The molecule has 0 saturated carbocycles. The minimum atomic E-state index is -0.900. The fraction of sp³-hybridized carbons (Fsp3) is 0.714. The summed E-state index contributed by atoms with van der Waals surface area (Å²) in [5.41, 5.74) is 0. The van der Waals surface area contributed by atoms with Crippen LogP contribution in [-0.4, -0.2) is 54.2 Å². The largest absolute Gasteiger partial charge is 0.466 e. The minimum absolute atomic E-state index is 0.0124. The van der Waals surface area contributed by atoms with Crippen molar-refractivity contribution in [2.24, 2.45) is 0 Å². The van der Waals surface area contributed by atoms with Gasteiger partial charge in [0, 0.05) is 27.3 Å². The van der Waals surface area contributed by atoms with Crippen LogP contribution in [-0.2, 0) is 33.4 Å². The summed E-state index contributed by atoms with van der Waals surface area (Å²) in [7, 11) is 0. The first kappa shape index (κ1) is 17.9. The fourth-order valence-corrected chi connectivity index (χ4v) is 2.21. The molecule has 0 aromatic rings. The first-order valence-corrected chi connectivity index (χ1v) is 7.08. The van der Waals surface area contributed by atoms with Gasteiger partial charge in [-0.1, -0.05) is 0 Å². The zero-order chi connectivity index (χ0) is 16.7. The molecule has 1 aliphatic rings. The Bertz CT molecular complexity index is 448. The topological polar surface area (TPSA) is 99.2 Å². The molecule has 124 valence electrons. The van der Waals surface area contributed by atoms with Gasteiger partial charge in [0.2, 0.25) is 12.1 Å². The molecule has 2 atom stereocenters. The maximum Gasteiger partial charge on any atom is 0.304 e. The van der Waals surface area contributed by atoms with Gasteiger partial charge in [-0.05, 0) is 12.8 Å². The number of carbonyl (C=O) groups is 4. The maximum absolute atomic E-state index is 12.0. The van der Waals surface area contributed by atoms with Gasteiger partial charge in [0.05, 0.1) is 13.0 Å². The molecule has 8 nitrogen and oxygen atoms in total. The van der Waals surface area contributed by atoms with Crippen molar-refractivity contribution in [2.75, 3.05) is 13.2 Å². The van der Waals surface area contributed by atoms with Crippen LogP contribution in [0.15, 0.2) is 0 Å². The lowest BCUT2D eigenvalue weighted by Gasteiger charge is -2.26. The third kappa shape index (κ3) is 5.71. The van der Waals surface area contributed by atoms with Crippen molar-refractivity contribution in [1.82, 2.24) is 4.90 Å². The highest BCUT2D eigenvalue weighted by Crippen LogP contribution is 2.24. The van der Waals surface area contributed by atoms with Crippen LogP contribution in [0.5, 0.6) is 0 Å². The molecule has 0 spiro atoms. The van der Waals surface area contributed by atoms with Crippen molar-refractivity contribution in [3.63, 3.8) is 0 Å². The molecular formula is C14H21NO7. The van der Waals surface area contributed by atoms with Gasteiger partial charge in [0.25, 0.3) is 0 Å². The second kappa shape index (κ2) is 8.35. The number of esters is 3. The molecule has 0 unspecified atom stereocenters. The summed E-state index contributed by atoms with van der Waals surface area (Å²) in [5, 5.41) is 0. The van der Waals surface area contributed by atoms with Crippen LogP contribution in [0.4, 0.5) is 0 Å². The van der Waals surface area contributed by atoms with Gasteiger partial charge >= 0.3 is 17.9 Å². The third-order valence-electron chi connectivity index (χ3n) is 3.02. The Balaban J connectivity index is 2.56. The van der Waals surface area contributed by atoms with Crippen LogP contribution in [0.1, 0.15) is 40.0 Å². The van der Waals surface area contributed by atoms with E-state index in [1.165, 1.54) is 25.7 Å². The van der Waals surface area contributed by atoms with E-state index in [0.717, 1.165) is 0 Å². The lowest BCUT2D eigenvalue weighted by Crippen LogP contribution is -2.42. The van der Waals surface area contributed by atoms with E-state index in [4.69, 9.17) is 14.2 Å². The van der Waals surface area contributed by atoms with Crippen molar-refractivity contribution in [2.45, 2.75) is 52.4 Å². The quantitative estimate of drug-likeness (QED) is 0.380. The number of ether oxygens (including phenoxy) is 3. The minimum Gasteiger partial charge on any atom is -0.466 e. The number of hydrogen-bond donors (Lipinski definition) is 0. The fourth-order valence-electron chi connectivity index (χ4n) is 2.21. The molecule has 1 fully saturated rings. The number of nitrogens with zero attached hydrogens (tertiary/aromatic N) is 1. The van der Waals surface area contributed by atoms with Gasteiger partial charge in [-0.2, -0.15) is 0 Å². The predicted molar refractivity (Wildman–Crippen MR) is 73.3 cm³/mol. The van der Waals surface area contributed by atoms with Crippen molar-refractivity contribution < 1.29 is 33.4 Å². The second-order valence-electron chi connectivity index (χ2n) is 4.99.